The van der Waals surface area contributed by atoms with Gasteiger partial charge in [0.1, 0.15) is 5.75 Å². The smallest absolute Gasteiger partial charge is 0.336 e. The molecule has 1 aromatic rings. The molecule has 0 heterocycles. The largest absolute Gasteiger partial charge is 0.478 e. The Hall–Kier alpha value is -2.36. The molecule has 0 amide bonds. The molecule has 4 nitrogen and oxygen atoms in total. The third kappa shape index (κ3) is 4.13. The Kier molecular flexibility index (Phi) is 5.27. The van der Waals surface area contributed by atoms with E-state index in [0.717, 1.165) is 12.8 Å². The number of allylic oxidation sites excluding steroid dienone is 3. The Bertz CT molecular complexity index is 723. The van der Waals surface area contributed by atoms with Crippen molar-refractivity contribution in [2.24, 2.45) is 5.41 Å². The first-order chi connectivity index (χ1) is 11.2. The summed E-state index contributed by atoms with van der Waals surface area (Å²) < 4.78 is 5.28. The average molecular weight is 328 g/mol. The number of rotatable bonds is 4. The molecule has 128 valence electrons. The average Bonchev–Trinajstić information content (AvgIpc) is 2.45. The van der Waals surface area contributed by atoms with Gasteiger partial charge < -0.3 is 9.84 Å². The van der Waals surface area contributed by atoms with E-state index in [-0.39, 0.29) is 11.0 Å². The number of benzene rings is 1. The van der Waals surface area contributed by atoms with Crippen LogP contribution >= 0.6 is 0 Å². The molecule has 1 aromatic carbocycles. The first kappa shape index (κ1) is 18.0. The molecule has 0 radical (unpaired) electrons. The lowest BCUT2D eigenvalue weighted by Gasteiger charge is -2.32. The van der Waals surface area contributed by atoms with Crippen LogP contribution in [0.3, 0.4) is 0 Å². The van der Waals surface area contributed by atoms with Crippen molar-refractivity contribution in [2.75, 3.05) is 0 Å². The molecule has 1 aliphatic carbocycles. The van der Waals surface area contributed by atoms with Crippen LogP contribution in [0.4, 0.5) is 0 Å². The molecule has 1 aliphatic rings. The Morgan fingerprint density at radius 2 is 1.96 bits per heavy atom. The summed E-state index contributed by atoms with van der Waals surface area (Å²) >= 11 is 0. The molecular weight excluding hydrogens is 304 g/mol. The van der Waals surface area contributed by atoms with Crippen molar-refractivity contribution >= 4 is 11.9 Å². The van der Waals surface area contributed by atoms with Crippen LogP contribution in [-0.4, -0.2) is 17.0 Å². The minimum Gasteiger partial charge on any atom is -0.478 e. The van der Waals surface area contributed by atoms with Gasteiger partial charge in [0.15, 0.2) is 0 Å². The van der Waals surface area contributed by atoms with Crippen molar-refractivity contribution in [3.63, 3.8) is 0 Å². The predicted octanol–water partition coefficient (Wildman–Crippen LogP) is 4.68. The van der Waals surface area contributed by atoms with Gasteiger partial charge in [0.2, 0.25) is 0 Å². The number of hydrogen-bond acceptors (Lipinski definition) is 3. The summed E-state index contributed by atoms with van der Waals surface area (Å²) in [5.74, 6) is -1.10. The van der Waals surface area contributed by atoms with Gasteiger partial charge in [0, 0.05) is 6.08 Å². The maximum Gasteiger partial charge on any atom is 0.336 e. The van der Waals surface area contributed by atoms with Gasteiger partial charge in [-0.05, 0) is 67.9 Å². The van der Waals surface area contributed by atoms with E-state index in [9.17, 15) is 9.59 Å². The highest BCUT2D eigenvalue weighted by molar-refractivity contribution is 5.90. The topological polar surface area (TPSA) is 63.6 Å². The second-order valence-corrected chi connectivity index (χ2v) is 6.97. The van der Waals surface area contributed by atoms with Gasteiger partial charge in [-0.2, -0.15) is 0 Å². The Balaban J connectivity index is 2.11. The number of hydrogen-bond donors (Lipinski definition) is 1. The summed E-state index contributed by atoms with van der Waals surface area (Å²) in [6, 6.07) is 4.50. The van der Waals surface area contributed by atoms with Crippen LogP contribution in [0.25, 0.3) is 0 Å². The molecule has 0 unspecified atom stereocenters. The maximum atomic E-state index is 12.1. The zero-order chi connectivity index (χ0) is 17.9. The van der Waals surface area contributed by atoms with Crippen LogP contribution in [0.15, 0.2) is 41.5 Å². The second kappa shape index (κ2) is 7.04. The Morgan fingerprint density at radius 3 is 2.54 bits per heavy atom. The van der Waals surface area contributed by atoms with E-state index in [2.05, 4.69) is 20.8 Å². The number of carboxylic acid groups (broad SMARTS) is 1. The molecule has 0 atom stereocenters. The van der Waals surface area contributed by atoms with Gasteiger partial charge in [0.25, 0.3) is 0 Å². The number of carbonyl (C=O) groups is 2. The number of ether oxygens (including phenoxy) is 1. The number of carbonyl (C=O) groups excluding carboxylic acids is 1. The molecule has 4 heteroatoms. The van der Waals surface area contributed by atoms with Gasteiger partial charge in [0.05, 0.1) is 5.56 Å². The highest BCUT2D eigenvalue weighted by Gasteiger charge is 2.26. The summed E-state index contributed by atoms with van der Waals surface area (Å²) in [7, 11) is 0. The molecule has 0 spiro atoms. The second-order valence-electron chi connectivity index (χ2n) is 6.97. The summed E-state index contributed by atoms with van der Waals surface area (Å²) in [4.78, 5) is 23.1. The molecule has 0 saturated heterocycles. The van der Waals surface area contributed by atoms with Crippen molar-refractivity contribution in [1.29, 1.82) is 0 Å². The quantitative estimate of drug-likeness (QED) is 0.495. The molecule has 2 rings (SSSR count). The summed E-state index contributed by atoms with van der Waals surface area (Å²) in [5.41, 5.74) is 3.35. The van der Waals surface area contributed by atoms with E-state index in [1.54, 1.807) is 13.0 Å². The molecule has 0 aliphatic heterocycles. The monoisotopic (exact) mass is 328 g/mol. The third-order valence-electron chi connectivity index (χ3n) is 4.58. The minimum atomic E-state index is -0.993. The summed E-state index contributed by atoms with van der Waals surface area (Å²) in [5, 5.41) is 9.02. The van der Waals surface area contributed by atoms with E-state index in [0.29, 0.717) is 11.3 Å². The first-order valence-electron chi connectivity index (χ1n) is 8.15. The molecule has 0 aromatic heterocycles. The highest BCUT2D eigenvalue weighted by atomic mass is 16.5. The lowest BCUT2D eigenvalue weighted by Crippen LogP contribution is -2.19. The standard InChI is InChI=1S/C20H24O4/c1-13-6-5-11-20(3,4)17(13)9-10-18(21)24-15-7-8-16(19(22)23)14(2)12-15/h7-10,12H,5-6,11H2,1-4H3,(H,22,23). The predicted molar refractivity (Wildman–Crippen MR) is 93.2 cm³/mol. The lowest BCUT2D eigenvalue weighted by atomic mass is 9.73. The van der Waals surface area contributed by atoms with Gasteiger partial charge in [-0.25, -0.2) is 9.59 Å². The van der Waals surface area contributed by atoms with E-state index in [1.807, 2.05) is 6.08 Å². The van der Waals surface area contributed by atoms with E-state index in [4.69, 9.17) is 9.84 Å². The van der Waals surface area contributed by atoms with E-state index < -0.39 is 11.9 Å². The molecular formula is C20H24O4. The van der Waals surface area contributed by atoms with Crippen molar-refractivity contribution in [2.45, 2.75) is 47.0 Å². The van der Waals surface area contributed by atoms with Crippen LogP contribution < -0.4 is 4.74 Å². The van der Waals surface area contributed by atoms with Crippen molar-refractivity contribution < 1.29 is 19.4 Å². The van der Waals surface area contributed by atoms with Crippen molar-refractivity contribution in [3.8, 4) is 5.75 Å². The maximum absolute atomic E-state index is 12.1. The molecule has 24 heavy (non-hydrogen) atoms. The van der Waals surface area contributed by atoms with E-state index in [1.165, 1.54) is 35.8 Å². The number of carboxylic acids is 1. The number of esters is 1. The summed E-state index contributed by atoms with van der Waals surface area (Å²) in [6.45, 7) is 8.17. The Morgan fingerprint density at radius 1 is 1.25 bits per heavy atom. The fourth-order valence-electron chi connectivity index (χ4n) is 3.25. The molecule has 0 bridgehead atoms. The molecule has 0 fully saturated rings. The van der Waals surface area contributed by atoms with Crippen LogP contribution in [-0.2, 0) is 4.79 Å². The fraction of sp³-hybridized carbons (Fsp3) is 0.400. The number of aryl methyl sites for hydroxylation is 1. The lowest BCUT2D eigenvalue weighted by molar-refractivity contribution is -0.129. The summed E-state index contributed by atoms with van der Waals surface area (Å²) in [6.07, 6.45) is 6.65. The fourth-order valence-corrected chi connectivity index (χ4v) is 3.25. The third-order valence-corrected chi connectivity index (χ3v) is 4.58. The van der Waals surface area contributed by atoms with E-state index >= 15 is 0 Å². The van der Waals surface area contributed by atoms with Gasteiger partial charge in [-0.3, -0.25) is 0 Å². The van der Waals surface area contributed by atoms with Gasteiger partial charge in [-0.1, -0.05) is 25.5 Å². The van der Waals surface area contributed by atoms with Crippen molar-refractivity contribution in [1.82, 2.24) is 0 Å². The van der Waals surface area contributed by atoms with Crippen LogP contribution in [0.2, 0.25) is 0 Å². The van der Waals surface area contributed by atoms with Crippen LogP contribution in [0.5, 0.6) is 5.75 Å². The SMILES string of the molecule is CC1=C(C=CC(=O)Oc2ccc(C(=O)O)c(C)c2)C(C)(C)CCC1. The zero-order valence-electron chi connectivity index (χ0n) is 14.7. The zero-order valence-corrected chi connectivity index (χ0v) is 14.7. The van der Waals surface area contributed by atoms with Crippen LogP contribution in [0.1, 0.15) is 56.0 Å². The molecule has 0 saturated carbocycles. The van der Waals surface area contributed by atoms with Gasteiger partial charge >= 0.3 is 11.9 Å². The number of aromatic carboxylic acids is 1. The van der Waals surface area contributed by atoms with Crippen LogP contribution in [0, 0.1) is 12.3 Å². The van der Waals surface area contributed by atoms with Gasteiger partial charge in [-0.15, -0.1) is 0 Å². The normalized spacial score (nSPS) is 17.2. The van der Waals surface area contributed by atoms with Crippen molar-refractivity contribution in [3.05, 3.63) is 52.6 Å². The first-order valence-corrected chi connectivity index (χ1v) is 8.15. The Labute approximate surface area is 142 Å². The minimum absolute atomic E-state index is 0.0683. The highest BCUT2D eigenvalue weighted by Crippen LogP contribution is 2.40. The molecule has 1 N–H and O–H groups in total.